The van der Waals surface area contributed by atoms with Crippen LogP contribution in [0.1, 0.15) is 26.6 Å². The summed E-state index contributed by atoms with van der Waals surface area (Å²) in [7, 11) is 0. The summed E-state index contributed by atoms with van der Waals surface area (Å²) in [4.78, 5) is 0. The average Bonchev–Trinajstić information content (AvgIpc) is 2.73. The minimum absolute atomic E-state index is 0.0435. The van der Waals surface area contributed by atoms with E-state index in [-0.39, 0.29) is 5.54 Å². The number of rotatable bonds is 3. The third kappa shape index (κ3) is 3.49. The van der Waals surface area contributed by atoms with E-state index in [1.54, 1.807) is 4.68 Å². The number of halogens is 1. The van der Waals surface area contributed by atoms with Gasteiger partial charge in [-0.25, -0.2) is 0 Å². The lowest BCUT2D eigenvalue weighted by atomic mass is 10.1. The normalized spacial score (nSPS) is 11.8. The largest absolute Gasteiger partial charge is 0.305 e. The van der Waals surface area contributed by atoms with Gasteiger partial charge in [0.05, 0.1) is 12.2 Å². The molecular formula is C12H16IN5. The highest BCUT2D eigenvalue weighted by Crippen LogP contribution is 2.12. The van der Waals surface area contributed by atoms with Crippen molar-refractivity contribution in [2.24, 2.45) is 0 Å². The predicted molar refractivity (Wildman–Crippen MR) is 78.5 cm³/mol. The van der Waals surface area contributed by atoms with E-state index >= 15 is 0 Å². The molecule has 0 amide bonds. The van der Waals surface area contributed by atoms with Crippen LogP contribution < -0.4 is 5.32 Å². The fraction of sp³-hybridized carbons (Fsp3) is 0.417. The molecular weight excluding hydrogens is 341 g/mol. The van der Waals surface area contributed by atoms with E-state index in [9.17, 15) is 0 Å². The van der Waals surface area contributed by atoms with Gasteiger partial charge in [-0.15, -0.1) is 5.10 Å². The van der Waals surface area contributed by atoms with Gasteiger partial charge >= 0.3 is 0 Å². The molecule has 1 N–H and O–H groups in total. The first-order valence-corrected chi connectivity index (χ1v) is 6.82. The first-order chi connectivity index (χ1) is 8.46. The molecule has 2 rings (SSSR count). The van der Waals surface area contributed by atoms with Crippen molar-refractivity contribution in [3.8, 4) is 5.69 Å². The zero-order valence-corrected chi connectivity index (χ0v) is 12.8. The molecule has 0 radical (unpaired) electrons. The van der Waals surface area contributed by atoms with Crippen molar-refractivity contribution in [1.29, 1.82) is 0 Å². The molecule has 0 spiro atoms. The molecule has 0 aliphatic carbocycles. The SMILES string of the molecule is CC(C)(C)NCc1nnnn1-c1cccc(I)c1. The molecule has 0 fully saturated rings. The third-order valence-electron chi connectivity index (χ3n) is 2.36. The van der Waals surface area contributed by atoms with Crippen molar-refractivity contribution in [3.63, 3.8) is 0 Å². The van der Waals surface area contributed by atoms with Gasteiger partial charge in [0.15, 0.2) is 5.82 Å². The molecule has 18 heavy (non-hydrogen) atoms. The van der Waals surface area contributed by atoms with Crippen LogP contribution in [-0.2, 0) is 6.54 Å². The number of tetrazole rings is 1. The van der Waals surface area contributed by atoms with Gasteiger partial charge in [-0.3, -0.25) is 0 Å². The van der Waals surface area contributed by atoms with Crippen LogP contribution in [0.3, 0.4) is 0 Å². The average molecular weight is 357 g/mol. The molecule has 0 atom stereocenters. The summed E-state index contributed by atoms with van der Waals surface area (Å²) in [6.45, 7) is 6.99. The molecule has 1 aromatic heterocycles. The van der Waals surface area contributed by atoms with Crippen molar-refractivity contribution in [2.75, 3.05) is 0 Å². The predicted octanol–water partition coefficient (Wildman–Crippen LogP) is 2.15. The van der Waals surface area contributed by atoms with Gasteiger partial charge < -0.3 is 5.32 Å². The molecule has 0 unspecified atom stereocenters. The van der Waals surface area contributed by atoms with Gasteiger partial charge in [-0.05, 0) is 72.0 Å². The Labute approximate surface area is 120 Å². The van der Waals surface area contributed by atoms with Crippen LogP contribution in [0.15, 0.2) is 24.3 Å². The highest BCUT2D eigenvalue weighted by molar-refractivity contribution is 14.1. The molecule has 2 aromatic rings. The summed E-state index contributed by atoms with van der Waals surface area (Å²) < 4.78 is 2.93. The quantitative estimate of drug-likeness (QED) is 0.856. The molecule has 0 saturated heterocycles. The summed E-state index contributed by atoms with van der Waals surface area (Å²) >= 11 is 2.28. The second kappa shape index (κ2) is 5.31. The minimum atomic E-state index is 0.0435. The summed E-state index contributed by atoms with van der Waals surface area (Å²) in [5.41, 5.74) is 1.03. The lowest BCUT2D eigenvalue weighted by molar-refractivity contribution is 0.415. The van der Waals surface area contributed by atoms with E-state index < -0.39 is 0 Å². The summed E-state index contributed by atoms with van der Waals surface area (Å²) in [5, 5.41) is 15.2. The lowest BCUT2D eigenvalue weighted by Gasteiger charge is -2.19. The Morgan fingerprint density at radius 1 is 1.33 bits per heavy atom. The topological polar surface area (TPSA) is 55.6 Å². The number of hydrogen-bond donors (Lipinski definition) is 1. The highest BCUT2D eigenvalue weighted by Gasteiger charge is 2.13. The molecule has 5 nitrogen and oxygen atoms in total. The van der Waals surface area contributed by atoms with Gasteiger partial charge in [0, 0.05) is 9.11 Å². The van der Waals surface area contributed by atoms with Gasteiger partial charge in [0.2, 0.25) is 0 Å². The van der Waals surface area contributed by atoms with Crippen LogP contribution in [0.2, 0.25) is 0 Å². The smallest absolute Gasteiger partial charge is 0.170 e. The number of nitrogens with one attached hydrogen (secondary N) is 1. The van der Waals surface area contributed by atoms with E-state index in [0.717, 1.165) is 15.1 Å². The van der Waals surface area contributed by atoms with Gasteiger partial charge in [-0.1, -0.05) is 6.07 Å². The second-order valence-electron chi connectivity index (χ2n) is 5.09. The first kappa shape index (κ1) is 13.4. The standard InChI is InChI=1S/C12H16IN5/c1-12(2,3)14-8-11-15-16-17-18(11)10-6-4-5-9(13)7-10/h4-7,14H,8H2,1-3H3. The Bertz CT molecular complexity index is 529. The van der Waals surface area contributed by atoms with E-state index in [0.29, 0.717) is 6.54 Å². The van der Waals surface area contributed by atoms with E-state index in [4.69, 9.17) is 0 Å². The Balaban J connectivity index is 2.23. The molecule has 1 aromatic carbocycles. The maximum absolute atomic E-state index is 4.06. The van der Waals surface area contributed by atoms with Gasteiger partial charge in [0.1, 0.15) is 0 Å². The molecule has 6 heteroatoms. The van der Waals surface area contributed by atoms with Crippen molar-refractivity contribution >= 4 is 22.6 Å². The Morgan fingerprint density at radius 3 is 2.78 bits per heavy atom. The van der Waals surface area contributed by atoms with Crippen molar-refractivity contribution < 1.29 is 0 Å². The van der Waals surface area contributed by atoms with Gasteiger partial charge in [-0.2, -0.15) is 4.68 Å². The molecule has 0 saturated carbocycles. The van der Waals surface area contributed by atoms with E-state index in [1.165, 1.54) is 0 Å². The Morgan fingerprint density at radius 2 is 2.11 bits per heavy atom. The monoisotopic (exact) mass is 357 g/mol. The van der Waals surface area contributed by atoms with Crippen LogP contribution in [0.5, 0.6) is 0 Å². The van der Waals surface area contributed by atoms with Crippen molar-refractivity contribution in [1.82, 2.24) is 25.5 Å². The second-order valence-corrected chi connectivity index (χ2v) is 6.34. The van der Waals surface area contributed by atoms with E-state index in [1.807, 2.05) is 18.2 Å². The van der Waals surface area contributed by atoms with Crippen LogP contribution in [0.4, 0.5) is 0 Å². The van der Waals surface area contributed by atoms with Crippen molar-refractivity contribution in [2.45, 2.75) is 32.9 Å². The summed E-state index contributed by atoms with van der Waals surface area (Å²) in [5.74, 6) is 0.812. The van der Waals surface area contributed by atoms with E-state index in [2.05, 4.69) is 70.3 Å². The minimum Gasteiger partial charge on any atom is -0.305 e. The van der Waals surface area contributed by atoms with Crippen molar-refractivity contribution in [3.05, 3.63) is 33.7 Å². The Kier molecular flexibility index (Phi) is 3.96. The molecule has 0 bridgehead atoms. The summed E-state index contributed by atoms with van der Waals surface area (Å²) in [6, 6.07) is 8.10. The lowest BCUT2D eigenvalue weighted by Crippen LogP contribution is -2.35. The maximum Gasteiger partial charge on any atom is 0.170 e. The van der Waals surface area contributed by atoms with Crippen LogP contribution in [-0.4, -0.2) is 25.7 Å². The molecule has 0 aliphatic rings. The molecule has 1 heterocycles. The van der Waals surface area contributed by atoms with Crippen LogP contribution in [0.25, 0.3) is 5.69 Å². The molecule has 0 aliphatic heterocycles. The van der Waals surface area contributed by atoms with Crippen LogP contribution in [0, 0.1) is 3.57 Å². The number of hydrogen-bond acceptors (Lipinski definition) is 4. The summed E-state index contributed by atoms with van der Waals surface area (Å²) in [6.07, 6.45) is 0. The molecule has 96 valence electrons. The highest BCUT2D eigenvalue weighted by atomic mass is 127. The first-order valence-electron chi connectivity index (χ1n) is 5.74. The fourth-order valence-electron chi connectivity index (χ4n) is 1.47. The number of nitrogens with zero attached hydrogens (tertiary/aromatic N) is 4. The number of benzene rings is 1. The zero-order valence-electron chi connectivity index (χ0n) is 10.7. The maximum atomic E-state index is 4.06. The van der Waals surface area contributed by atoms with Crippen LogP contribution >= 0.6 is 22.6 Å². The third-order valence-corrected chi connectivity index (χ3v) is 3.03. The van der Waals surface area contributed by atoms with Gasteiger partial charge in [0.25, 0.3) is 0 Å². The number of aromatic nitrogens is 4. The zero-order chi connectivity index (χ0) is 13.2. The Hall–Kier alpha value is -1.02. The fourth-order valence-corrected chi connectivity index (χ4v) is 2.00.